The second-order valence-corrected chi connectivity index (χ2v) is 6.45. The van der Waals surface area contributed by atoms with Crippen molar-refractivity contribution >= 4 is 35.0 Å². The number of rotatable bonds is 7. The van der Waals surface area contributed by atoms with E-state index in [9.17, 15) is 14.4 Å². The first-order valence-electron chi connectivity index (χ1n) is 8.66. The van der Waals surface area contributed by atoms with Crippen LogP contribution in [0.4, 0.5) is 5.69 Å². The largest absolute Gasteiger partial charge is 0.352 e. The lowest BCUT2D eigenvalue weighted by atomic mass is 10.1. The van der Waals surface area contributed by atoms with Crippen molar-refractivity contribution in [1.82, 2.24) is 10.2 Å². The maximum Gasteiger partial charge on any atom is 0.252 e. The predicted molar refractivity (Wildman–Crippen MR) is 97.8 cm³/mol. The van der Waals surface area contributed by atoms with Crippen LogP contribution in [0.25, 0.3) is 0 Å². The van der Waals surface area contributed by atoms with Crippen LogP contribution in [0.15, 0.2) is 18.2 Å². The molecule has 1 fully saturated rings. The summed E-state index contributed by atoms with van der Waals surface area (Å²) in [6.45, 7) is 3.76. The lowest BCUT2D eigenvalue weighted by Gasteiger charge is -2.26. The predicted octanol–water partition coefficient (Wildman–Crippen LogP) is 2.82. The Hall–Kier alpha value is -2.08. The number of piperidine rings is 1. The van der Waals surface area contributed by atoms with E-state index in [1.54, 1.807) is 18.2 Å². The molecule has 0 atom stereocenters. The molecule has 1 aliphatic rings. The van der Waals surface area contributed by atoms with Crippen molar-refractivity contribution in [2.75, 3.05) is 25.0 Å². The summed E-state index contributed by atoms with van der Waals surface area (Å²) in [6, 6.07) is 4.82. The Morgan fingerprint density at radius 2 is 2.08 bits per heavy atom. The highest BCUT2D eigenvalue weighted by atomic mass is 35.5. The van der Waals surface area contributed by atoms with E-state index >= 15 is 0 Å². The van der Waals surface area contributed by atoms with Crippen molar-refractivity contribution in [1.29, 1.82) is 0 Å². The molecule has 6 nitrogen and oxygen atoms in total. The molecule has 0 aliphatic carbocycles. The average molecular weight is 366 g/mol. The van der Waals surface area contributed by atoms with Gasteiger partial charge in [-0.3, -0.25) is 14.4 Å². The molecule has 0 radical (unpaired) electrons. The molecule has 0 bridgehead atoms. The van der Waals surface area contributed by atoms with Crippen LogP contribution in [-0.2, 0) is 9.59 Å². The minimum atomic E-state index is -0.239. The van der Waals surface area contributed by atoms with Gasteiger partial charge in [-0.25, -0.2) is 0 Å². The van der Waals surface area contributed by atoms with Crippen LogP contribution >= 0.6 is 11.6 Å². The Bertz CT molecular complexity index is 648. The summed E-state index contributed by atoms with van der Waals surface area (Å²) in [4.78, 5) is 37.4. The number of amides is 3. The molecular formula is C18H24ClN3O3. The fraction of sp³-hybridized carbons (Fsp3) is 0.500. The Morgan fingerprint density at radius 1 is 1.28 bits per heavy atom. The van der Waals surface area contributed by atoms with Gasteiger partial charge in [0.15, 0.2) is 0 Å². The molecule has 1 aliphatic heterocycles. The molecule has 0 unspecified atom stereocenters. The monoisotopic (exact) mass is 365 g/mol. The molecule has 1 heterocycles. The first-order chi connectivity index (χ1) is 12.0. The van der Waals surface area contributed by atoms with E-state index in [1.807, 2.05) is 11.8 Å². The van der Waals surface area contributed by atoms with Crippen molar-refractivity contribution < 1.29 is 14.4 Å². The van der Waals surface area contributed by atoms with Gasteiger partial charge in [0.1, 0.15) is 0 Å². The molecule has 0 spiro atoms. The Balaban J connectivity index is 1.81. The molecule has 25 heavy (non-hydrogen) atoms. The molecule has 1 aromatic rings. The fourth-order valence-corrected chi connectivity index (χ4v) is 3.05. The third kappa shape index (κ3) is 5.74. The Kier molecular flexibility index (Phi) is 7.25. The zero-order chi connectivity index (χ0) is 18.2. The minimum absolute atomic E-state index is 0.133. The molecule has 0 saturated carbocycles. The van der Waals surface area contributed by atoms with Crippen LogP contribution < -0.4 is 10.6 Å². The van der Waals surface area contributed by atoms with Crippen LogP contribution in [0.1, 0.15) is 49.4 Å². The van der Waals surface area contributed by atoms with Gasteiger partial charge < -0.3 is 15.5 Å². The summed E-state index contributed by atoms with van der Waals surface area (Å²) in [7, 11) is 0. The average Bonchev–Trinajstić information content (AvgIpc) is 2.57. The summed E-state index contributed by atoms with van der Waals surface area (Å²) < 4.78 is 0. The number of nitrogens with zero attached hydrogens (tertiary/aromatic N) is 1. The summed E-state index contributed by atoms with van der Waals surface area (Å²) >= 11 is 6.11. The van der Waals surface area contributed by atoms with Gasteiger partial charge in [-0.15, -0.1) is 0 Å². The fourth-order valence-electron chi connectivity index (χ4n) is 2.78. The maximum atomic E-state index is 12.0. The number of halogens is 1. The van der Waals surface area contributed by atoms with Crippen molar-refractivity contribution in [3.8, 4) is 0 Å². The SMILES string of the molecule is CCNC(=O)c1ccc(NC(=O)CCCN2CCCCC2=O)cc1Cl. The Morgan fingerprint density at radius 3 is 2.76 bits per heavy atom. The Labute approximate surface area is 152 Å². The third-order valence-corrected chi connectivity index (χ3v) is 4.40. The molecule has 0 aromatic heterocycles. The minimum Gasteiger partial charge on any atom is -0.352 e. The van der Waals surface area contributed by atoms with Crippen molar-refractivity contribution in [2.24, 2.45) is 0 Å². The molecule has 2 rings (SSSR count). The summed E-state index contributed by atoms with van der Waals surface area (Å²) in [5.74, 6) is -0.192. The smallest absolute Gasteiger partial charge is 0.252 e. The standard InChI is InChI=1S/C18H24ClN3O3/c1-2-20-18(25)14-9-8-13(12-15(14)19)21-16(23)6-5-11-22-10-4-3-7-17(22)24/h8-9,12H,2-7,10-11H2,1H3,(H,20,25)(H,21,23). The first-order valence-corrected chi connectivity index (χ1v) is 9.04. The van der Waals surface area contributed by atoms with Crippen LogP contribution in [0, 0.1) is 0 Å². The van der Waals surface area contributed by atoms with Gasteiger partial charge in [0.05, 0.1) is 10.6 Å². The number of benzene rings is 1. The summed E-state index contributed by atoms with van der Waals surface area (Å²) in [5.41, 5.74) is 0.933. The zero-order valence-electron chi connectivity index (χ0n) is 14.4. The van der Waals surface area contributed by atoms with Gasteiger partial charge in [-0.2, -0.15) is 0 Å². The molecule has 136 valence electrons. The topological polar surface area (TPSA) is 78.5 Å². The van der Waals surface area contributed by atoms with E-state index in [4.69, 9.17) is 11.6 Å². The number of hydrogen-bond donors (Lipinski definition) is 2. The number of carbonyl (C=O) groups excluding carboxylic acids is 3. The number of anilines is 1. The third-order valence-electron chi connectivity index (χ3n) is 4.09. The lowest BCUT2D eigenvalue weighted by molar-refractivity contribution is -0.133. The molecule has 1 aromatic carbocycles. The van der Waals surface area contributed by atoms with E-state index in [0.717, 1.165) is 19.4 Å². The molecule has 1 saturated heterocycles. The van der Waals surface area contributed by atoms with Gasteiger partial charge in [0.2, 0.25) is 11.8 Å². The van der Waals surface area contributed by atoms with E-state index in [-0.39, 0.29) is 17.7 Å². The van der Waals surface area contributed by atoms with Gasteiger partial charge in [-0.05, 0) is 44.4 Å². The molecule has 3 amide bonds. The highest BCUT2D eigenvalue weighted by molar-refractivity contribution is 6.34. The number of carbonyl (C=O) groups is 3. The van der Waals surface area contributed by atoms with E-state index in [0.29, 0.717) is 48.6 Å². The van der Waals surface area contributed by atoms with Gasteiger partial charge in [-0.1, -0.05) is 11.6 Å². The highest BCUT2D eigenvalue weighted by Gasteiger charge is 2.17. The van der Waals surface area contributed by atoms with E-state index in [2.05, 4.69) is 10.6 Å². The number of hydrogen-bond acceptors (Lipinski definition) is 3. The van der Waals surface area contributed by atoms with Crippen LogP contribution in [0.2, 0.25) is 5.02 Å². The zero-order valence-corrected chi connectivity index (χ0v) is 15.2. The van der Waals surface area contributed by atoms with E-state index < -0.39 is 0 Å². The van der Waals surface area contributed by atoms with E-state index in [1.165, 1.54) is 0 Å². The highest BCUT2D eigenvalue weighted by Crippen LogP contribution is 2.21. The van der Waals surface area contributed by atoms with Gasteiger partial charge >= 0.3 is 0 Å². The first kappa shape index (κ1) is 19.2. The van der Waals surface area contributed by atoms with Crippen LogP contribution in [0.5, 0.6) is 0 Å². The van der Waals surface area contributed by atoms with Crippen LogP contribution in [-0.4, -0.2) is 42.3 Å². The van der Waals surface area contributed by atoms with Gasteiger partial charge in [0, 0.05) is 38.2 Å². The molecule has 2 N–H and O–H groups in total. The van der Waals surface area contributed by atoms with Gasteiger partial charge in [0.25, 0.3) is 5.91 Å². The maximum absolute atomic E-state index is 12.0. The van der Waals surface area contributed by atoms with Crippen LogP contribution in [0.3, 0.4) is 0 Å². The van der Waals surface area contributed by atoms with Crippen molar-refractivity contribution in [3.63, 3.8) is 0 Å². The second kappa shape index (κ2) is 9.42. The second-order valence-electron chi connectivity index (χ2n) is 6.04. The molecule has 7 heteroatoms. The normalized spacial score (nSPS) is 14.3. The number of likely N-dealkylation sites (tertiary alicyclic amines) is 1. The summed E-state index contributed by atoms with van der Waals surface area (Å²) in [5, 5.41) is 5.75. The lowest BCUT2D eigenvalue weighted by Crippen LogP contribution is -2.36. The molecular weight excluding hydrogens is 342 g/mol. The quantitative estimate of drug-likeness (QED) is 0.779. The number of nitrogens with one attached hydrogen (secondary N) is 2. The summed E-state index contributed by atoms with van der Waals surface area (Å²) in [6.07, 6.45) is 3.57. The van der Waals surface area contributed by atoms with Crippen molar-refractivity contribution in [3.05, 3.63) is 28.8 Å². The van der Waals surface area contributed by atoms with Crippen molar-refractivity contribution in [2.45, 2.75) is 39.0 Å².